The van der Waals surface area contributed by atoms with Crippen molar-refractivity contribution in [2.75, 3.05) is 18.6 Å². The first-order valence-corrected chi connectivity index (χ1v) is 9.47. The third-order valence-electron chi connectivity index (χ3n) is 4.47. The van der Waals surface area contributed by atoms with E-state index in [1.807, 2.05) is 54.6 Å². The second-order valence-corrected chi connectivity index (χ2v) is 6.50. The molecular weight excluding hydrogens is 368 g/mol. The first-order valence-electron chi connectivity index (χ1n) is 9.47. The molecular formula is C23H24N2O4. The maximum Gasteiger partial charge on any atom is 0.286 e. The van der Waals surface area contributed by atoms with Crippen LogP contribution in [-0.2, 0) is 11.3 Å². The van der Waals surface area contributed by atoms with Crippen molar-refractivity contribution in [1.82, 2.24) is 5.32 Å². The Morgan fingerprint density at radius 3 is 2.41 bits per heavy atom. The zero-order chi connectivity index (χ0) is 20.5. The SMILES string of the molecule is COc1ccc(N(Cc2ccccc2)C(=O)CCCNC(=O)c2ccco2)cc1. The summed E-state index contributed by atoms with van der Waals surface area (Å²) in [5.74, 6) is 0.715. The van der Waals surface area contributed by atoms with Crippen LogP contribution in [-0.4, -0.2) is 25.5 Å². The largest absolute Gasteiger partial charge is 0.497 e. The first-order chi connectivity index (χ1) is 14.2. The third-order valence-corrected chi connectivity index (χ3v) is 4.47. The molecule has 0 unspecified atom stereocenters. The van der Waals surface area contributed by atoms with Crippen molar-refractivity contribution in [2.24, 2.45) is 0 Å². The number of anilines is 1. The summed E-state index contributed by atoms with van der Waals surface area (Å²) in [5, 5.41) is 2.76. The standard InChI is InChI=1S/C23H24N2O4/c1-28-20-13-11-19(12-14-20)25(17-18-7-3-2-4-8-18)22(26)10-5-15-24-23(27)21-9-6-16-29-21/h2-4,6-9,11-14,16H,5,10,15,17H2,1H3,(H,24,27). The molecule has 3 rings (SSSR count). The molecule has 150 valence electrons. The molecule has 0 atom stereocenters. The average Bonchev–Trinajstić information content (AvgIpc) is 3.31. The maximum atomic E-state index is 12.9. The number of carbonyl (C=O) groups is 2. The van der Waals surface area contributed by atoms with Crippen LogP contribution in [0.3, 0.4) is 0 Å². The van der Waals surface area contributed by atoms with Gasteiger partial charge in [0.1, 0.15) is 5.75 Å². The number of hydrogen-bond acceptors (Lipinski definition) is 4. The van der Waals surface area contributed by atoms with Crippen molar-refractivity contribution in [3.63, 3.8) is 0 Å². The molecule has 1 aromatic heterocycles. The van der Waals surface area contributed by atoms with E-state index in [0.29, 0.717) is 25.9 Å². The van der Waals surface area contributed by atoms with E-state index in [2.05, 4.69) is 5.32 Å². The highest BCUT2D eigenvalue weighted by atomic mass is 16.5. The van der Waals surface area contributed by atoms with E-state index in [9.17, 15) is 9.59 Å². The Bertz CT molecular complexity index is 906. The van der Waals surface area contributed by atoms with Crippen molar-refractivity contribution in [3.8, 4) is 5.75 Å². The lowest BCUT2D eigenvalue weighted by Gasteiger charge is -2.23. The fourth-order valence-corrected chi connectivity index (χ4v) is 2.92. The van der Waals surface area contributed by atoms with Crippen LogP contribution in [0.1, 0.15) is 29.0 Å². The van der Waals surface area contributed by atoms with Gasteiger partial charge in [-0.1, -0.05) is 30.3 Å². The minimum Gasteiger partial charge on any atom is -0.497 e. The molecule has 3 aromatic rings. The molecule has 0 aliphatic heterocycles. The van der Waals surface area contributed by atoms with Crippen molar-refractivity contribution < 1.29 is 18.7 Å². The average molecular weight is 392 g/mol. The number of furan rings is 1. The van der Waals surface area contributed by atoms with E-state index < -0.39 is 0 Å². The van der Waals surface area contributed by atoms with Crippen LogP contribution in [0.15, 0.2) is 77.4 Å². The van der Waals surface area contributed by atoms with Gasteiger partial charge in [0.2, 0.25) is 5.91 Å². The molecule has 1 N–H and O–H groups in total. The number of nitrogens with one attached hydrogen (secondary N) is 1. The van der Waals surface area contributed by atoms with Crippen LogP contribution in [0.5, 0.6) is 5.75 Å². The molecule has 2 amide bonds. The van der Waals surface area contributed by atoms with Gasteiger partial charge in [0.05, 0.1) is 19.9 Å². The topological polar surface area (TPSA) is 71.8 Å². The fraction of sp³-hybridized carbons (Fsp3) is 0.217. The van der Waals surface area contributed by atoms with Gasteiger partial charge in [-0.3, -0.25) is 9.59 Å². The summed E-state index contributed by atoms with van der Waals surface area (Å²) < 4.78 is 10.3. The molecule has 1 heterocycles. The molecule has 2 aromatic carbocycles. The van der Waals surface area contributed by atoms with Gasteiger partial charge in [-0.15, -0.1) is 0 Å². The van der Waals surface area contributed by atoms with Crippen LogP contribution in [0.25, 0.3) is 0 Å². The summed E-state index contributed by atoms with van der Waals surface area (Å²) >= 11 is 0. The zero-order valence-electron chi connectivity index (χ0n) is 16.3. The number of nitrogens with zero attached hydrogens (tertiary/aromatic N) is 1. The number of carbonyl (C=O) groups excluding carboxylic acids is 2. The smallest absolute Gasteiger partial charge is 0.286 e. The zero-order valence-corrected chi connectivity index (χ0v) is 16.3. The van der Waals surface area contributed by atoms with Crippen molar-refractivity contribution in [3.05, 3.63) is 84.3 Å². The summed E-state index contributed by atoms with van der Waals surface area (Å²) in [7, 11) is 1.61. The Balaban J connectivity index is 1.61. The van der Waals surface area contributed by atoms with Gasteiger partial charge in [-0.25, -0.2) is 0 Å². The molecule has 0 aliphatic carbocycles. The van der Waals surface area contributed by atoms with E-state index >= 15 is 0 Å². The summed E-state index contributed by atoms with van der Waals surface area (Å²) in [6.45, 7) is 0.873. The lowest BCUT2D eigenvalue weighted by Crippen LogP contribution is -2.31. The van der Waals surface area contributed by atoms with Gasteiger partial charge in [-0.2, -0.15) is 0 Å². The second kappa shape index (κ2) is 10.1. The van der Waals surface area contributed by atoms with Crippen LogP contribution in [0.4, 0.5) is 5.69 Å². The number of rotatable bonds is 9. The Hall–Kier alpha value is -3.54. The van der Waals surface area contributed by atoms with Gasteiger partial charge >= 0.3 is 0 Å². The molecule has 0 aliphatic rings. The van der Waals surface area contributed by atoms with Crippen LogP contribution in [0.2, 0.25) is 0 Å². The summed E-state index contributed by atoms with van der Waals surface area (Å²) in [6.07, 6.45) is 2.30. The van der Waals surface area contributed by atoms with Gasteiger partial charge in [-0.05, 0) is 48.4 Å². The van der Waals surface area contributed by atoms with Crippen molar-refractivity contribution in [1.29, 1.82) is 0 Å². The molecule has 0 fully saturated rings. The summed E-state index contributed by atoms with van der Waals surface area (Å²) in [5.41, 5.74) is 1.85. The van der Waals surface area contributed by atoms with E-state index in [4.69, 9.17) is 9.15 Å². The lowest BCUT2D eigenvalue weighted by atomic mass is 10.1. The van der Waals surface area contributed by atoms with Gasteiger partial charge in [0, 0.05) is 18.7 Å². The van der Waals surface area contributed by atoms with E-state index in [-0.39, 0.29) is 17.6 Å². The highest BCUT2D eigenvalue weighted by molar-refractivity contribution is 5.93. The predicted molar refractivity (Wildman–Crippen MR) is 111 cm³/mol. The van der Waals surface area contributed by atoms with Crippen molar-refractivity contribution >= 4 is 17.5 Å². The Kier molecular flexibility index (Phi) is 7.05. The normalized spacial score (nSPS) is 10.4. The first kappa shape index (κ1) is 20.2. The molecule has 6 nitrogen and oxygen atoms in total. The summed E-state index contributed by atoms with van der Waals surface area (Å²) in [6, 6.07) is 20.5. The van der Waals surface area contributed by atoms with Gasteiger partial charge in [0.15, 0.2) is 5.76 Å². The Morgan fingerprint density at radius 2 is 1.76 bits per heavy atom. The molecule has 0 spiro atoms. The monoisotopic (exact) mass is 392 g/mol. The Morgan fingerprint density at radius 1 is 1.00 bits per heavy atom. The molecule has 0 saturated heterocycles. The van der Waals surface area contributed by atoms with Crippen molar-refractivity contribution in [2.45, 2.75) is 19.4 Å². The molecule has 0 saturated carbocycles. The number of hydrogen-bond donors (Lipinski definition) is 1. The second-order valence-electron chi connectivity index (χ2n) is 6.50. The van der Waals surface area contributed by atoms with Crippen LogP contribution >= 0.6 is 0 Å². The predicted octanol–water partition coefficient (Wildman–Crippen LogP) is 4.03. The number of amides is 2. The molecule has 0 radical (unpaired) electrons. The maximum absolute atomic E-state index is 12.9. The van der Waals surface area contributed by atoms with E-state index in [1.165, 1.54) is 6.26 Å². The quantitative estimate of drug-likeness (QED) is 0.558. The summed E-state index contributed by atoms with van der Waals surface area (Å²) in [4.78, 5) is 26.6. The number of benzene rings is 2. The Labute approximate surface area is 170 Å². The highest BCUT2D eigenvalue weighted by Crippen LogP contribution is 2.22. The highest BCUT2D eigenvalue weighted by Gasteiger charge is 2.16. The number of ether oxygens (including phenoxy) is 1. The van der Waals surface area contributed by atoms with E-state index in [0.717, 1.165) is 17.0 Å². The van der Waals surface area contributed by atoms with Gasteiger partial charge < -0.3 is 19.4 Å². The fourth-order valence-electron chi connectivity index (χ4n) is 2.92. The molecule has 29 heavy (non-hydrogen) atoms. The minimum atomic E-state index is -0.279. The number of methoxy groups -OCH3 is 1. The van der Waals surface area contributed by atoms with Crippen LogP contribution < -0.4 is 15.0 Å². The third kappa shape index (κ3) is 5.72. The minimum absolute atomic E-state index is 0.00809. The molecule has 0 bridgehead atoms. The van der Waals surface area contributed by atoms with Crippen LogP contribution in [0, 0.1) is 0 Å². The van der Waals surface area contributed by atoms with E-state index in [1.54, 1.807) is 24.1 Å². The lowest BCUT2D eigenvalue weighted by molar-refractivity contribution is -0.118. The van der Waals surface area contributed by atoms with Gasteiger partial charge in [0.25, 0.3) is 5.91 Å². The molecule has 6 heteroatoms.